The fourth-order valence-electron chi connectivity index (χ4n) is 4.08. The maximum absolute atomic E-state index is 13.7. The second-order valence-electron chi connectivity index (χ2n) is 7.50. The second-order valence-corrected chi connectivity index (χ2v) is 9.29. The number of nitrogens with zero attached hydrogens (tertiary/aromatic N) is 1. The van der Waals surface area contributed by atoms with E-state index in [2.05, 4.69) is 0 Å². The van der Waals surface area contributed by atoms with E-state index in [-0.39, 0.29) is 16.6 Å². The van der Waals surface area contributed by atoms with Crippen LogP contribution in [0.4, 0.5) is 0 Å². The first kappa shape index (κ1) is 18.6. The van der Waals surface area contributed by atoms with E-state index in [1.807, 2.05) is 55.5 Å². The van der Waals surface area contributed by atoms with Gasteiger partial charge in [0.05, 0.1) is 10.4 Å². The van der Waals surface area contributed by atoms with Crippen molar-refractivity contribution in [2.24, 2.45) is 0 Å². The molecule has 5 rings (SSSR count). The largest absolute Gasteiger partial charge is 0.289 e. The van der Waals surface area contributed by atoms with Gasteiger partial charge < -0.3 is 0 Å². The standard InChI is InChI=1S/C25H19NO3S/c1-17-10-12-19(13-11-17)30(28,29)26-23-9-5-2-6-18(23)16-24(26)21-14-15-25(27)22-8-4-3-7-20(21)22/h2-16,21H,1H3. The van der Waals surface area contributed by atoms with E-state index in [0.717, 1.165) is 16.5 Å². The number of rotatable bonds is 3. The number of para-hydroxylation sites is 1. The molecule has 1 atom stereocenters. The summed E-state index contributed by atoms with van der Waals surface area (Å²) < 4.78 is 28.9. The Hall–Kier alpha value is -3.44. The molecule has 1 aliphatic rings. The Kier molecular flexibility index (Phi) is 4.22. The van der Waals surface area contributed by atoms with Crippen LogP contribution in [0.25, 0.3) is 10.9 Å². The summed E-state index contributed by atoms with van der Waals surface area (Å²) in [4.78, 5) is 12.6. The molecule has 0 fully saturated rings. The first-order chi connectivity index (χ1) is 14.5. The topological polar surface area (TPSA) is 56.1 Å². The van der Waals surface area contributed by atoms with Crippen LogP contribution in [0.15, 0.2) is 95.9 Å². The normalized spacial score (nSPS) is 16.0. The van der Waals surface area contributed by atoms with Gasteiger partial charge in [-0.15, -0.1) is 0 Å². The third kappa shape index (κ3) is 2.82. The number of carbonyl (C=O) groups is 1. The van der Waals surface area contributed by atoms with E-state index in [9.17, 15) is 13.2 Å². The van der Waals surface area contributed by atoms with Gasteiger partial charge in [0.1, 0.15) is 0 Å². The molecule has 4 nitrogen and oxygen atoms in total. The molecule has 1 aliphatic carbocycles. The maximum atomic E-state index is 13.7. The Morgan fingerprint density at radius 1 is 0.867 bits per heavy atom. The lowest BCUT2D eigenvalue weighted by Crippen LogP contribution is -2.20. The minimum atomic E-state index is -3.84. The highest BCUT2D eigenvalue weighted by molar-refractivity contribution is 7.90. The molecule has 5 heteroatoms. The second kappa shape index (κ2) is 6.82. The molecule has 0 saturated heterocycles. The van der Waals surface area contributed by atoms with Crippen molar-refractivity contribution in [3.05, 3.63) is 113 Å². The van der Waals surface area contributed by atoms with E-state index in [4.69, 9.17) is 0 Å². The zero-order valence-electron chi connectivity index (χ0n) is 16.3. The van der Waals surface area contributed by atoms with Crippen LogP contribution < -0.4 is 0 Å². The zero-order chi connectivity index (χ0) is 20.9. The van der Waals surface area contributed by atoms with Gasteiger partial charge in [-0.05, 0) is 42.8 Å². The van der Waals surface area contributed by atoms with Crippen molar-refractivity contribution in [3.63, 3.8) is 0 Å². The number of allylic oxidation sites excluding steroid dienone is 2. The van der Waals surface area contributed by atoms with Crippen molar-refractivity contribution < 1.29 is 13.2 Å². The predicted molar refractivity (Wildman–Crippen MR) is 117 cm³/mol. The van der Waals surface area contributed by atoms with Gasteiger partial charge in [-0.25, -0.2) is 12.4 Å². The fraction of sp³-hybridized carbons (Fsp3) is 0.0800. The van der Waals surface area contributed by atoms with Crippen molar-refractivity contribution >= 4 is 26.7 Å². The zero-order valence-corrected chi connectivity index (χ0v) is 17.1. The molecule has 0 aliphatic heterocycles. The minimum Gasteiger partial charge on any atom is -0.289 e. The first-order valence-electron chi connectivity index (χ1n) is 9.71. The van der Waals surface area contributed by atoms with Crippen LogP contribution in [0.5, 0.6) is 0 Å². The van der Waals surface area contributed by atoms with Gasteiger partial charge in [0.2, 0.25) is 0 Å². The average Bonchev–Trinajstić information content (AvgIpc) is 3.14. The Morgan fingerprint density at radius 3 is 2.37 bits per heavy atom. The van der Waals surface area contributed by atoms with E-state index in [1.165, 1.54) is 10.0 Å². The summed E-state index contributed by atoms with van der Waals surface area (Å²) in [5.41, 5.74) is 3.65. The first-order valence-corrected chi connectivity index (χ1v) is 11.1. The quantitative estimate of drug-likeness (QED) is 0.471. The summed E-state index contributed by atoms with van der Waals surface area (Å²) in [5, 5.41) is 0.839. The Labute approximate surface area is 175 Å². The maximum Gasteiger partial charge on any atom is 0.268 e. The summed E-state index contributed by atoms with van der Waals surface area (Å²) in [6, 6.07) is 23.6. The number of hydrogen-bond acceptors (Lipinski definition) is 3. The van der Waals surface area contributed by atoms with Crippen molar-refractivity contribution in [1.82, 2.24) is 3.97 Å². The Balaban J connectivity index is 1.80. The van der Waals surface area contributed by atoms with Crippen molar-refractivity contribution in [1.29, 1.82) is 0 Å². The molecule has 1 unspecified atom stereocenters. The third-order valence-corrected chi connectivity index (χ3v) is 7.33. The molecule has 1 aromatic heterocycles. The monoisotopic (exact) mass is 413 g/mol. The highest BCUT2D eigenvalue weighted by Gasteiger charge is 2.30. The van der Waals surface area contributed by atoms with Gasteiger partial charge in [-0.2, -0.15) is 0 Å². The van der Waals surface area contributed by atoms with Crippen LogP contribution in [0, 0.1) is 6.92 Å². The molecule has 1 heterocycles. The molecular formula is C25H19NO3S. The van der Waals surface area contributed by atoms with Crippen LogP contribution in [0.2, 0.25) is 0 Å². The van der Waals surface area contributed by atoms with E-state index < -0.39 is 10.0 Å². The van der Waals surface area contributed by atoms with Crippen LogP contribution in [0.3, 0.4) is 0 Å². The Morgan fingerprint density at radius 2 is 1.57 bits per heavy atom. The van der Waals surface area contributed by atoms with Gasteiger partial charge >= 0.3 is 0 Å². The van der Waals surface area contributed by atoms with Crippen molar-refractivity contribution in [2.45, 2.75) is 17.7 Å². The molecule has 0 spiro atoms. The summed E-state index contributed by atoms with van der Waals surface area (Å²) in [6.45, 7) is 1.92. The number of carbonyl (C=O) groups excluding carboxylic acids is 1. The lowest BCUT2D eigenvalue weighted by atomic mass is 9.85. The third-order valence-electron chi connectivity index (χ3n) is 5.57. The van der Waals surface area contributed by atoms with Crippen LogP contribution in [-0.2, 0) is 10.0 Å². The van der Waals surface area contributed by atoms with E-state index >= 15 is 0 Å². The van der Waals surface area contributed by atoms with E-state index in [0.29, 0.717) is 16.8 Å². The lowest BCUT2D eigenvalue weighted by Gasteiger charge is -2.22. The molecule has 4 aromatic rings. The number of aromatic nitrogens is 1. The predicted octanol–water partition coefficient (Wildman–Crippen LogP) is 5.07. The molecule has 0 N–H and O–H groups in total. The van der Waals surface area contributed by atoms with E-state index in [1.54, 1.807) is 36.4 Å². The molecule has 0 amide bonds. The van der Waals surface area contributed by atoms with Gasteiger partial charge in [-0.1, -0.05) is 66.2 Å². The number of benzene rings is 3. The van der Waals surface area contributed by atoms with Gasteiger partial charge in [0.25, 0.3) is 10.0 Å². The molecule has 148 valence electrons. The lowest BCUT2D eigenvalue weighted by molar-refractivity contribution is 0.104. The van der Waals surface area contributed by atoms with Crippen molar-refractivity contribution in [2.75, 3.05) is 0 Å². The summed E-state index contributed by atoms with van der Waals surface area (Å²) in [7, 11) is -3.84. The minimum absolute atomic E-state index is 0.0640. The highest BCUT2D eigenvalue weighted by atomic mass is 32.2. The average molecular weight is 413 g/mol. The highest BCUT2D eigenvalue weighted by Crippen LogP contribution is 2.37. The fourth-order valence-corrected chi connectivity index (χ4v) is 5.64. The van der Waals surface area contributed by atoms with Crippen LogP contribution >= 0.6 is 0 Å². The molecule has 30 heavy (non-hydrogen) atoms. The van der Waals surface area contributed by atoms with Crippen LogP contribution in [-0.4, -0.2) is 18.2 Å². The summed E-state index contributed by atoms with van der Waals surface area (Å²) in [6.07, 6.45) is 3.33. The molecule has 0 saturated carbocycles. The van der Waals surface area contributed by atoms with Gasteiger partial charge in [0.15, 0.2) is 5.78 Å². The van der Waals surface area contributed by atoms with Gasteiger partial charge in [-0.3, -0.25) is 4.79 Å². The number of aryl methyl sites for hydroxylation is 1. The number of fused-ring (bicyclic) bond motifs is 2. The number of ketones is 1. The molecular weight excluding hydrogens is 394 g/mol. The number of hydrogen-bond donors (Lipinski definition) is 0. The molecule has 0 bridgehead atoms. The Bertz CT molecular complexity index is 1430. The van der Waals surface area contributed by atoms with Crippen LogP contribution in [0.1, 0.15) is 33.1 Å². The SMILES string of the molecule is Cc1ccc(S(=O)(=O)n2c(C3C=CC(=O)c4ccccc43)cc3ccccc32)cc1. The van der Waals surface area contributed by atoms with Crippen molar-refractivity contribution in [3.8, 4) is 0 Å². The molecule has 3 aromatic carbocycles. The smallest absolute Gasteiger partial charge is 0.268 e. The van der Waals surface area contributed by atoms with Gasteiger partial charge in [0, 0.05) is 22.6 Å². The molecule has 0 radical (unpaired) electrons. The summed E-state index contributed by atoms with van der Waals surface area (Å²) in [5.74, 6) is -0.405. The summed E-state index contributed by atoms with van der Waals surface area (Å²) >= 11 is 0.